The summed E-state index contributed by atoms with van der Waals surface area (Å²) in [6.45, 7) is -0.316. The Bertz CT molecular complexity index is 156. The summed E-state index contributed by atoms with van der Waals surface area (Å²) >= 11 is 0. The predicted octanol–water partition coefficient (Wildman–Crippen LogP) is -1.76. The van der Waals surface area contributed by atoms with E-state index in [4.69, 9.17) is 10.2 Å². The molecule has 0 aliphatic carbocycles. The van der Waals surface area contributed by atoms with Gasteiger partial charge in [0, 0.05) is 7.11 Å². The molecular formula is C5H8O5. The molecule has 10 heavy (non-hydrogen) atoms. The molecule has 2 N–H and O–H groups in total. The summed E-state index contributed by atoms with van der Waals surface area (Å²) in [5, 5.41) is 18.0. The minimum atomic E-state index is -1.85. The van der Waals surface area contributed by atoms with E-state index in [0.717, 1.165) is 0 Å². The topological polar surface area (TPSA) is 76.0 Å². The SMILES string of the molecule is CO[C@]1(O)COC(=O)[C@H]1O. The second-order valence-electron chi connectivity index (χ2n) is 2.06. The van der Waals surface area contributed by atoms with Gasteiger partial charge in [-0.2, -0.15) is 0 Å². The van der Waals surface area contributed by atoms with Crippen LogP contribution in [0.3, 0.4) is 0 Å². The zero-order chi connectivity index (χ0) is 7.78. The van der Waals surface area contributed by atoms with Crippen LogP contribution < -0.4 is 0 Å². The second-order valence-corrected chi connectivity index (χ2v) is 2.06. The second kappa shape index (κ2) is 2.19. The van der Waals surface area contributed by atoms with Gasteiger partial charge in [0.2, 0.25) is 11.9 Å². The van der Waals surface area contributed by atoms with Gasteiger partial charge in [-0.3, -0.25) is 0 Å². The molecule has 58 valence electrons. The van der Waals surface area contributed by atoms with Crippen molar-refractivity contribution >= 4 is 5.97 Å². The minimum Gasteiger partial charge on any atom is -0.458 e. The third-order valence-electron chi connectivity index (χ3n) is 1.43. The molecule has 0 aromatic heterocycles. The van der Waals surface area contributed by atoms with E-state index in [1.165, 1.54) is 7.11 Å². The van der Waals surface area contributed by atoms with E-state index < -0.39 is 17.9 Å². The number of cyclic esters (lactones) is 1. The van der Waals surface area contributed by atoms with Crippen LogP contribution in [0.1, 0.15) is 0 Å². The Kier molecular flexibility index (Phi) is 1.63. The van der Waals surface area contributed by atoms with E-state index in [1.807, 2.05) is 0 Å². The summed E-state index contributed by atoms with van der Waals surface area (Å²) in [6.07, 6.45) is -1.59. The van der Waals surface area contributed by atoms with Crippen LogP contribution in [0.5, 0.6) is 0 Å². The van der Waals surface area contributed by atoms with Gasteiger partial charge in [0.1, 0.15) is 6.61 Å². The molecule has 1 aliphatic rings. The van der Waals surface area contributed by atoms with Gasteiger partial charge < -0.3 is 19.7 Å². The predicted molar refractivity (Wildman–Crippen MR) is 28.9 cm³/mol. The first kappa shape index (κ1) is 7.46. The molecule has 1 rings (SSSR count). The fourth-order valence-electron chi connectivity index (χ4n) is 0.687. The molecule has 1 fully saturated rings. The van der Waals surface area contributed by atoms with Crippen molar-refractivity contribution in [1.82, 2.24) is 0 Å². The number of ether oxygens (including phenoxy) is 2. The summed E-state index contributed by atoms with van der Waals surface area (Å²) in [5.41, 5.74) is 0. The highest BCUT2D eigenvalue weighted by Gasteiger charge is 2.49. The van der Waals surface area contributed by atoms with Gasteiger partial charge in [0.05, 0.1) is 0 Å². The zero-order valence-electron chi connectivity index (χ0n) is 5.40. The minimum absolute atomic E-state index is 0.316. The Morgan fingerprint density at radius 3 is 2.70 bits per heavy atom. The van der Waals surface area contributed by atoms with E-state index in [2.05, 4.69) is 9.47 Å². The lowest BCUT2D eigenvalue weighted by atomic mass is 10.2. The van der Waals surface area contributed by atoms with E-state index >= 15 is 0 Å². The van der Waals surface area contributed by atoms with E-state index in [-0.39, 0.29) is 6.61 Å². The lowest BCUT2D eigenvalue weighted by Crippen LogP contribution is -2.44. The molecule has 1 heterocycles. The van der Waals surface area contributed by atoms with Gasteiger partial charge in [0.25, 0.3) is 0 Å². The van der Waals surface area contributed by atoms with Crippen LogP contribution in [-0.2, 0) is 14.3 Å². The number of esters is 1. The van der Waals surface area contributed by atoms with Gasteiger partial charge in [-0.25, -0.2) is 4.79 Å². The average molecular weight is 148 g/mol. The van der Waals surface area contributed by atoms with Crippen LogP contribution in [0.25, 0.3) is 0 Å². The van der Waals surface area contributed by atoms with Crippen molar-refractivity contribution < 1.29 is 24.5 Å². The summed E-state index contributed by atoms with van der Waals surface area (Å²) in [7, 11) is 1.19. The Hall–Kier alpha value is -0.650. The standard InChI is InChI=1S/C5H8O5/c1-9-5(8)2-10-4(7)3(5)6/h3,6,8H,2H2,1H3/t3-,5-/m1/s1. The molecule has 2 atom stereocenters. The monoisotopic (exact) mass is 148 g/mol. The van der Waals surface area contributed by atoms with Gasteiger partial charge in [-0.1, -0.05) is 0 Å². The maximum Gasteiger partial charge on any atom is 0.341 e. The molecular weight excluding hydrogens is 140 g/mol. The maximum atomic E-state index is 10.4. The number of carbonyl (C=O) groups excluding carboxylic acids is 1. The van der Waals surface area contributed by atoms with E-state index in [0.29, 0.717) is 0 Å². The number of hydrogen-bond donors (Lipinski definition) is 2. The Labute approximate surface area is 57.2 Å². The Morgan fingerprint density at radius 2 is 2.50 bits per heavy atom. The first-order chi connectivity index (χ1) is 4.60. The van der Waals surface area contributed by atoms with Gasteiger partial charge in [-0.05, 0) is 0 Å². The summed E-state index contributed by atoms with van der Waals surface area (Å²) in [6, 6.07) is 0. The molecule has 1 aliphatic heterocycles. The molecule has 0 spiro atoms. The number of carbonyl (C=O) groups is 1. The molecule has 0 aromatic rings. The fourth-order valence-corrected chi connectivity index (χ4v) is 0.687. The summed E-state index contributed by atoms with van der Waals surface area (Å²) in [4.78, 5) is 10.4. The van der Waals surface area contributed by atoms with Crippen LogP contribution >= 0.6 is 0 Å². The molecule has 0 amide bonds. The molecule has 0 saturated carbocycles. The van der Waals surface area contributed by atoms with Crippen LogP contribution in [0, 0.1) is 0 Å². The lowest BCUT2D eigenvalue weighted by molar-refractivity contribution is -0.222. The lowest BCUT2D eigenvalue weighted by Gasteiger charge is -2.19. The quantitative estimate of drug-likeness (QED) is 0.340. The summed E-state index contributed by atoms with van der Waals surface area (Å²) < 4.78 is 8.75. The molecule has 5 heteroatoms. The molecule has 0 radical (unpaired) electrons. The highest BCUT2D eigenvalue weighted by atomic mass is 16.7. The van der Waals surface area contributed by atoms with Crippen LogP contribution in [0.4, 0.5) is 0 Å². The molecule has 1 saturated heterocycles. The van der Waals surface area contributed by atoms with Crippen LogP contribution in [-0.4, -0.2) is 41.8 Å². The molecule has 0 unspecified atom stereocenters. The van der Waals surface area contributed by atoms with Crippen LogP contribution in [0.2, 0.25) is 0 Å². The van der Waals surface area contributed by atoms with Crippen LogP contribution in [0.15, 0.2) is 0 Å². The van der Waals surface area contributed by atoms with Crippen molar-refractivity contribution in [3.05, 3.63) is 0 Å². The third kappa shape index (κ3) is 0.880. The summed E-state index contributed by atoms with van der Waals surface area (Å²) in [5.74, 6) is -2.71. The number of hydrogen-bond acceptors (Lipinski definition) is 5. The van der Waals surface area contributed by atoms with Crippen molar-refractivity contribution in [3.8, 4) is 0 Å². The normalized spacial score (nSPS) is 39.9. The molecule has 5 nitrogen and oxygen atoms in total. The highest BCUT2D eigenvalue weighted by molar-refractivity contribution is 5.77. The number of aliphatic hydroxyl groups is 2. The largest absolute Gasteiger partial charge is 0.458 e. The molecule has 0 bridgehead atoms. The van der Waals surface area contributed by atoms with E-state index in [1.54, 1.807) is 0 Å². The van der Waals surface area contributed by atoms with Gasteiger partial charge in [0.15, 0.2) is 0 Å². The number of rotatable bonds is 1. The average Bonchev–Trinajstić information content (AvgIpc) is 2.19. The van der Waals surface area contributed by atoms with E-state index in [9.17, 15) is 4.79 Å². The van der Waals surface area contributed by atoms with Crippen molar-refractivity contribution in [3.63, 3.8) is 0 Å². The highest BCUT2D eigenvalue weighted by Crippen LogP contribution is 2.20. The first-order valence-electron chi connectivity index (χ1n) is 2.72. The van der Waals surface area contributed by atoms with Crippen molar-refractivity contribution in [2.24, 2.45) is 0 Å². The first-order valence-corrected chi connectivity index (χ1v) is 2.72. The van der Waals surface area contributed by atoms with Gasteiger partial charge >= 0.3 is 5.97 Å². The number of aliphatic hydroxyl groups excluding tert-OH is 1. The smallest absolute Gasteiger partial charge is 0.341 e. The Balaban J connectivity index is 2.73. The number of methoxy groups -OCH3 is 1. The maximum absolute atomic E-state index is 10.4. The molecule has 0 aromatic carbocycles. The van der Waals surface area contributed by atoms with Crippen molar-refractivity contribution in [2.75, 3.05) is 13.7 Å². The Morgan fingerprint density at radius 1 is 1.90 bits per heavy atom. The fraction of sp³-hybridized carbons (Fsp3) is 0.800. The zero-order valence-corrected chi connectivity index (χ0v) is 5.40. The van der Waals surface area contributed by atoms with Crippen molar-refractivity contribution in [2.45, 2.75) is 11.9 Å². The van der Waals surface area contributed by atoms with Crippen molar-refractivity contribution in [1.29, 1.82) is 0 Å². The van der Waals surface area contributed by atoms with Gasteiger partial charge in [-0.15, -0.1) is 0 Å². The third-order valence-corrected chi connectivity index (χ3v) is 1.43.